The van der Waals surface area contributed by atoms with Gasteiger partial charge in [0.25, 0.3) is 0 Å². The van der Waals surface area contributed by atoms with Crippen molar-refractivity contribution in [1.82, 2.24) is 14.8 Å². The van der Waals surface area contributed by atoms with E-state index in [0.717, 1.165) is 77.8 Å². The van der Waals surface area contributed by atoms with Gasteiger partial charge in [-0.15, -0.1) is 0 Å². The van der Waals surface area contributed by atoms with Gasteiger partial charge in [0.05, 0.1) is 13.2 Å². The topological polar surface area (TPSA) is 52.7 Å². The second kappa shape index (κ2) is 9.87. The number of aromatic nitrogens is 1. The lowest BCUT2D eigenvalue weighted by molar-refractivity contribution is 0.0398. The highest BCUT2D eigenvalue weighted by Gasteiger charge is 2.15. The van der Waals surface area contributed by atoms with E-state index in [1.807, 2.05) is 6.20 Å². The number of rotatable bonds is 7. The van der Waals surface area contributed by atoms with Crippen molar-refractivity contribution in [3.63, 3.8) is 0 Å². The van der Waals surface area contributed by atoms with Gasteiger partial charge in [0.15, 0.2) is 0 Å². The van der Waals surface area contributed by atoms with E-state index in [2.05, 4.69) is 61.8 Å². The van der Waals surface area contributed by atoms with Crippen LogP contribution in [0.1, 0.15) is 11.1 Å². The molecule has 2 N–H and O–H groups in total. The highest BCUT2D eigenvalue weighted by Crippen LogP contribution is 2.22. The Morgan fingerprint density at radius 2 is 1.89 bits per heavy atom. The summed E-state index contributed by atoms with van der Waals surface area (Å²) >= 11 is 0. The molecule has 1 fully saturated rings. The third-order valence-electron chi connectivity index (χ3n) is 5.52. The van der Waals surface area contributed by atoms with Crippen molar-refractivity contribution in [2.75, 3.05) is 69.7 Å². The summed E-state index contributed by atoms with van der Waals surface area (Å²) in [5, 5.41) is 7.06. The summed E-state index contributed by atoms with van der Waals surface area (Å²) in [6.07, 6.45) is 3.12. The minimum absolute atomic E-state index is 0.849. The van der Waals surface area contributed by atoms with Crippen molar-refractivity contribution >= 4 is 11.5 Å². The van der Waals surface area contributed by atoms with Gasteiger partial charge < -0.3 is 15.4 Å². The van der Waals surface area contributed by atoms with Crippen LogP contribution in [0.5, 0.6) is 0 Å². The minimum Gasteiger partial charge on any atom is -0.383 e. The summed E-state index contributed by atoms with van der Waals surface area (Å²) in [7, 11) is 0. The normalized spacial score (nSPS) is 18.1. The van der Waals surface area contributed by atoms with Crippen LogP contribution >= 0.6 is 0 Å². The molecule has 0 atom stereocenters. The molecule has 2 aromatic rings. The van der Waals surface area contributed by atoms with Gasteiger partial charge >= 0.3 is 0 Å². The van der Waals surface area contributed by atoms with E-state index < -0.39 is 0 Å². The molecule has 0 spiro atoms. The molecule has 28 heavy (non-hydrogen) atoms. The molecule has 3 heterocycles. The number of fused-ring (bicyclic) bond motifs is 1. The molecule has 150 valence electrons. The van der Waals surface area contributed by atoms with Crippen molar-refractivity contribution in [3.8, 4) is 0 Å². The zero-order valence-electron chi connectivity index (χ0n) is 16.6. The number of hydrogen-bond acceptors (Lipinski definition) is 6. The Labute approximate surface area is 167 Å². The van der Waals surface area contributed by atoms with E-state index in [9.17, 15) is 0 Å². The van der Waals surface area contributed by atoms with Crippen LogP contribution in [0, 0.1) is 0 Å². The van der Waals surface area contributed by atoms with Crippen LogP contribution in [0.15, 0.2) is 42.6 Å². The maximum absolute atomic E-state index is 5.40. The molecule has 1 aromatic heterocycles. The Balaban J connectivity index is 1.28. The quantitative estimate of drug-likeness (QED) is 0.768. The lowest BCUT2D eigenvalue weighted by atomic mass is 10.1. The fourth-order valence-corrected chi connectivity index (χ4v) is 3.83. The van der Waals surface area contributed by atoms with Gasteiger partial charge in [-0.2, -0.15) is 0 Å². The Morgan fingerprint density at radius 1 is 1.04 bits per heavy atom. The molecule has 0 saturated carbocycles. The lowest BCUT2D eigenvalue weighted by Crippen LogP contribution is -2.39. The van der Waals surface area contributed by atoms with Crippen LogP contribution in [0.3, 0.4) is 0 Å². The zero-order chi connectivity index (χ0) is 19.0. The lowest BCUT2D eigenvalue weighted by Gasteiger charge is -2.26. The Kier molecular flexibility index (Phi) is 6.76. The standard InChI is InChI=1S/C22H31N5O/c1-2-4-19(5-3-1)6-9-27-11-7-23-21-16-22(25-17-20(21)18-27)24-8-10-26-12-14-28-15-13-26/h1-5,16-17,23H,6-15,18H2,(H,24,25). The van der Waals surface area contributed by atoms with Crippen molar-refractivity contribution in [2.45, 2.75) is 13.0 Å². The van der Waals surface area contributed by atoms with Crippen LogP contribution < -0.4 is 10.6 Å². The molecule has 6 nitrogen and oxygen atoms in total. The Bertz CT molecular complexity index is 733. The maximum atomic E-state index is 5.40. The van der Waals surface area contributed by atoms with Gasteiger partial charge in [-0.25, -0.2) is 4.98 Å². The second-order valence-corrected chi connectivity index (χ2v) is 7.55. The van der Waals surface area contributed by atoms with E-state index in [-0.39, 0.29) is 0 Å². The van der Waals surface area contributed by atoms with Crippen molar-refractivity contribution < 1.29 is 4.74 Å². The summed E-state index contributed by atoms with van der Waals surface area (Å²) in [5.41, 5.74) is 3.90. The molecule has 1 saturated heterocycles. The number of pyridine rings is 1. The van der Waals surface area contributed by atoms with Crippen LogP contribution in [0.25, 0.3) is 0 Å². The molecule has 0 radical (unpaired) electrons. The first kappa shape index (κ1) is 19.2. The molecule has 4 rings (SSSR count). The summed E-state index contributed by atoms with van der Waals surface area (Å²) in [5.74, 6) is 0.956. The van der Waals surface area contributed by atoms with Crippen LogP contribution in [-0.4, -0.2) is 73.8 Å². The third-order valence-corrected chi connectivity index (χ3v) is 5.52. The first-order valence-electron chi connectivity index (χ1n) is 10.4. The highest BCUT2D eigenvalue weighted by molar-refractivity contribution is 5.57. The number of benzene rings is 1. The smallest absolute Gasteiger partial charge is 0.128 e. The van der Waals surface area contributed by atoms with E-state index >= 15 is 0 Å². The van der Waals surface area contributed by atoms with E-state index in [1.54, 1.807) is 0 Å². The van der Waals surface area contributed by atoms with Crippen molar-refractivity contribution in [2.24, 2.45) is 0 Å². The summed E-state index contributed by atoms with van der Waals surface area (Å²) in [6.45, 7) is 9.75. The van der Waals surface area contributed by atoms with Gasteiger partial charge in [-0.1, -0.05) is 30.3 Å². The molecule has 6 heteroatoms. The number of nitrogens with one attached hydrogen (secondary N) is 2. The molecular formula is C22H31N5O. The summed E-state index contributed by atoms with van der Waals surface area (Å²) < 4.78 is 5.40. The average Bonchev–Trinajstić information content (AvgIpc) is 2.95. The van der Waals surface area contributed by atoms with Gasteiger partial charge in [0.2, 0.25) is 0 Å². The fraction of sp³-hybridized carbons (Fsp3) is 0.500. The first-order chi connectivity index (χ1) is 13.9. The first-order valence-corrected chi connectivity index (χ1v) is 10.4. The number of hydrogen-bond donors (Lipinski definition) is 2. The second-order valence-electron chi connectivity index (χ2n) is 7.55. The minimum atomic E-state index is 0.849. The molecular weight excluding hydrogens is 350 g/mol. The molecule has 2 aliphatic rings. The number of morpholine rings is 1. The van der Waals surface area contributed by atoms with Crippen LogP contribution in [-0.2, 0) is 17.7 Å². The number of nitrogens with zero attached hydrogens (tertiary/aromatic N) is 3. The predicted octanol–water partition coefficient (Wildman–Crippen LogP) is 2.30. The molecule has 1 aromatic carbocycles. The van der Waals surface area contributed by atoms with Gasteiger partial charge in [0.1, 0.15) is 5.82 Å². The van der Waals surface area contributed by atoms with Crippen molar-refractivity contribution in [1.29, 1.82) is 0 Å². The fourth-order valence-electron chi connectivity index (χ4n) is 3.83. The van der Waals surface area contributed by atoms with Gasteiger partial charge in [-0.3, -0.25) is 9.80 Å². The molecule has 0 bridgehead atoms. The summed E-state index contributed by atoms with van der Waals surface area (Å²) in [4.78, 5) is 9.59. The van der Waals surface area contributed by atoms with E-state index in [0.29, 0.717) is 0 Å². The number of ether oxygens (including phenoxy) is 1. The zero-order valence-corrected chi connectivity index (χ0v) is 16.6. The van der Waals surface area contributed by atoms with Gasteiger partial charge in [0, 0.05) is 75.9 Å². The predicted molar refractivity (Wildman–Crippen MR) is 114 cm³/mol. The summed E-state index contributed by atoms with van der Waals surface area (Å²) in [6, 6.07) is 12.9. The third kappa shape index (κ3) is 5.44. The highest BCUT2D eigenvalue weighted by atomic mass is 16.5. The Morgan fingerprint density at radius 3 is 2.75 bits per heavy atom. The van der Waals surface area contributed by atoms with Crippen molar-refractivity contribution in [3.05, 3.63) is 53.7 Å². The van der Waals surface area contributed by atoms with Crippen LogP contribution in [0.2, 0.25) is 0 Å². The van der Waals surface area contributed by atoms with E-state index in [1.165, 1.54) is 16.8 Å². The van der Waals surface area contributed by atoms with E-state index in [4.69, 9.17) is 4.74 Å². The molecule has 0 aliphatic carbocycles. The Hall–Kier alpha value is -2.15. The largest absolute Gasteiger partial charge is 0.383 e. The van der Waals surface area contributed by atoms with Crippen LogP contribution in [0.4, 0.5) is 11.5 Å². The van der Waals surface area contributed by atoms with Gasteiger partial charge in [-0.05, 0) is 12.0 Å². The maximum Gasteiger partial charge on any atom is 0.128 e. The molecule has 0 unspecified atom stereocenters. The molecule has 0 amide bonds. The molecule has 2 aliphatic heterocycles. The monoisotopic (exact) mass is 381 g/mol. The number of anilines is 2. The SMILES string of the molecule is c1ccc(CCN2CCNc3cc(NCCN4CCOCC4)ncc3C2)cc1. The average molecular weight is 382 g/mol.